The molecule has 1 saturated carbocycles. The van der Waals surface area contributed by atoms with E-state index in [2.05, 4.69) is 15.7 Å². The number of benzene rings is 1. The number of carbonyl (C=O) groups is 2. The van der Waals surface area contributed by atoms with Crippen LogP contribution in [0.2, 0.25) is 0 Å². The van der Waals surface area contributed by atoms with E-state index in [1.165, 1.54) is 16.8 Å². The van der Waals surface area contributed by atoms with E-state index in [0.717, 1.165) is 32.1 Å². The van der Waals surface area contributed by atoms with Gasteiger partial charge < -0.3 is 15.4 Å². The average Bonchev–Trinajstić information content (AvgIpc) is 3.16. The van der Waals surface area contributed by atoms with Crippen LogP contribution in [0.25, 0.3) is 5.69 Å². The highest BCUT2D eigenvalue weighted by atomic mass is 19.1. The largest absolute Gasteiger partial charge is 0.444 e. The summed E-state index contributed by atoms with van der Waals surface area (Å²) in [5, 5.41) is 10.2. The Morgan fingerprint density at radius 3 is 2.43 bits per heavy atom. The van der Waals surface area contributed by atoms with Gasteiger partial charge in [0.05, 0.1) is 11.2 Å². The van der Waals surface area contributed by atoms with Crippen molar-refractivity contribution in [1.82, 2.24) is 20.4 Å². The molecule has 1 aliphatic carbocycles. The van der Waals surface area contributed by atoms with Crippen molar-refractivity contribution in [2.24, 2.45) is 0 Å². The molecule has 30 heavy (non-hydrogen) atoms. The van der Waals surface area contributed by atoms with Gasteiger partial charge in [-0.15, -0.1) is 0 Å². The Morgan fingerprint density at radius 1 is 1.13 bits per heavy atom. The quantitative estimate of drug-likeness (QED) is 0.772. The summed E-state index contributed by atoms with van der Waals surface area (Å²) in [4.78, 5) is 25.0. The third-order valence-corrected chi connectivity index (χ3v) is 5.08. The molecule has 2 N–H and O–H groups in total. The molecule has 2 aromatic rings. The molecule has 1 aromatic carbocycles. The molecule has 2 amide bonds. The number of alkyl carbamates (subject to hydrolysis) is 1. The average molecular weight is 416 g/mol. The monoisotopic (exact) mass is 416 g/mol. The fourth-order valence-electron chi connectivity index (χ4n) is 3.62. The third kappa shape index (κ3) is 5.81. The van der Waals surface area contributed by atoms with Gasteiger partial charge in [0.2, 0.25) is 0 Å². The van der Waals surface area contributed by atoms with E-state index < -0.39 is 17.2 Å². The van der Waals surface area contributed by atoms with Crippen molar-refractivity contribution in [1.29, 1.82) is 0 Å². The number of nitrogens with one attached hydrogen (secondary N) is 2. The normalized spacial score (nSPS) is 16.0. The maximum absolute atomic E-state index is 13.1. The number of halogens is 1. The van der Waals surface area contributed by atoms with Crippen LogP contribution in [0.4, 0.5) is 9.18 Å². The fourth-order valence-corrected chi connectivity index (χ4v) is 3.62. The van der Waals surface area contributed by atoms with Crippen molar-refractivity contribution in [3.63, 3.8) is 0 Å². The number of nitrogens with zero attached hydrogens (tertiary/aromatic N) is 2. The van der Waals surface area contributed by atoms with E-state index in [-0.39, 0.29) is 17.4 Å². The molecule has 0 radical (unpaired) electrons. The summed E-state index contributed by atoms with van der Waals surface area (Å²) in [5.41, 5.74) is -0.208. The number of ether oxygens (including phenoxy) is 1. The summed E-state index contributed by atoms with van der Waals surface area (Å²) in [7, 11) is 0. The number of carbonyl (C=O) groups excluding carboxylic acids is 2. The Bertz CT molecular complexity index is 881. The van der Waals surface area contributed by atoms with Gasteiger partial charge in [-0.05, 0) is 63.9 Å². The second-order valence-corrected chi connectivity index (χ2v) is 8.77. The van der Waals surface area contributed by atoms with Crippen LogP contribution in [0.15, 0.2) is 36.5 Å². The van der Waals surface area contributed by atoms with Gasteiger partial charge in [-0.25, -0.2) is 13.9 Å². The summed E-state index contributed by atoms with van der Waals surface area (Å²) in [6, 6.07) is 7.46. The van der Waals surface area contributed by atoms with Crippen molar-refractivity contribution >= 4 is 12.0 Å². The molecular formula is C22H29FN4O3. The van der Waals surface area contributed by atoms with Crippen molar-refractivity contribution in [2.45, 2.75) is 64.0 Å². The summed E-state index contributed by atoms with van der Waals surface area (Å²) < 4.78 is 20.0. The van der Waals surface area contributed by atoms with Gasteiger partial charge in [0.15, 0.2) is 5.69 Å². The van der Waals surface area contributed by atoms with E-state index in [9.17, 15) is 14.0 Å². The Kier molecular flexibility index (Phi) is 6.43. The van der Waals surface area contributed by atoms with E-state index in [0.29, 0.717) is 12.2 Å². The van der Waals surface area contributed by atoms with Gasteiger partial charge in [-0.3, -0.25) is 4.79 Å². The fraction of sp³-hybridized carbons (Fsp3) is 0.500. The summed E-state index contributed by atoms with van der Waals surface area (Å²) in [6.07, 6.45) is 5.79. The van der Waals surface area contributed by atoms with Gasteiger partial charge in [-0.1, -0.05) is 19.3 Å². The second-order valence-electron chi connectivity index (χ2n) is 8.77. The first-order valence-corrected chi connectivity index (χ1v) is 10.3. The SMILES string of the molecule is CC(C)(C)OC(=O)NC1(CNC(=O)c2ccn(-c3ccc(F)cc3)n2)CCCCC1. The number of hydrogen-bond donors (Lipinski definition) is 2. The van der Waals surface area contributed by atoms with Crippen LogP contribution in [-0.4, -0.2) is 39.5 Å². The van der Waals surface area contributed by atoms with Gasteiger partial charge in [0, 0.05) is 12.7 Å². The highest BCUT2D eigenvalue weighted by Crippen LogP contribution is 2.28. The molecule has 0 atom stereocenters. The molecule has 0 bridgehead atoms. The van der Waals surface area contributed by atoms with Crippen LogP contribution in [0.3, 0.4) is 0 Å². The van der Waals surface area contributed by atoms with Gasteiger partial charge >= 0.3 is 6.09 Å². The standard InChI is InChI=1S/C22H29FN4O3/c1-21(2,3)30-20(29)25-22(12-5-4-6-13-22)15-24-19(28)18-11-14-27(26-18)17-9-7-16(23)8-10-17/h7-11,14H,4-6,12-13,15H2,1-3H3,(H,24,28)(H,25,29). The highest BCUT2D eigenvalue weighted by molar-refractivity contribution is 5.92. The van der Waals surface area contributed by atoms with E-state index in [1.807, 2.05) is 20.8 Å². The van der Waals surface area contributed by atoms with Gasteiger partial charge in [0.1, 0.15) is 11.4 Å². The maximum Gasteiger partial charge on any atom is 0.408 e. The zero-order valence-electron chi connectivity index (χ0n) is 17.7. The first-order chi connectivity index (χ1) is 14.2. The number of aromatic nitrogens is 2. The third-order valence-electron chi connectivity index (χ3n) is 5.08. The Balaban J connectivity index is 1.64. The minimum absolute atomic E-state index is 0.252. The molecule has 1 heterocycles. The Hall–Kier alpha value is -2.90. The minimum atomic E-state index is -0.587. The second kappa shape index (κ2) is 8.85. The van der Waals surface area contributed by atoms with Crippen LogP contribution in [-0.2, 0) is 4.74 Å². The van der Waals surface area contributed by atoms with E-state index in [4.69, 9.17) is 4.74 Å². The van der Waals surface area contributed by atoms with Gasteiger partial charge in [0.25, 0.3) is 5.91 Å². The molecule has 0 unspecified atom stereocenters. The zero-order valence-corrected chi connectivity index (χ0v) is 17.7. The first-order valence-electron chi connectivity index (χ1n) is 10.3. The molecule has 162 valence electrons. The van der Waals surface area contributed by atoms with Crippen LogP contribution < -0.4 is 10.6 Å². The lowest BCUT2D eigenvalue weighted by Crippen LogP contribution is -2.57. The van der Waals surface area contributed by atoms with Crippen molar-refractivity contribution in [3.05, 3.63) is 48.0 Å². The van der Waals surface area contributed by atoms with Gasteiger partial charge in [-0.2, -0.15) is 5.10 Å². The molecule has 1 fully saturated rings. The molecule has 0 saturated heterocycles. The molecule has 0 aliphatic heterocycles. The van der Waals surface area contributed by atoms with Crippen LogP contribution in [0, 0.1) is 5.82 Å². The van der Waals surface area contributed by atoms with E-state index >= 15 is 0 Å². The summed E-state index contributed by atoms with van der Waals surface area (Å²) in [5.74, 6) is -0.661. The van der Waals surface area contributed by atoms with Crippen molar-refractivity contribution in [2.75, 3.05) is 6.54 Å². The molecular weight excluding hydrogens is 387 g/mol. The van der Waals surface area contributed by atoms with Crippen molar-refractivity contribution in [3.8, 4) is 5.69 Å². The maximum atomic E-state index is 13.1. The highest BCUT2D eigenvalue weighted by Gasteiger charge is 2.35. The van der Waals surface area contributed by atoms with E-state index in [1.54, 1.807) is 24.4 Å². The molecule has 1 aromatic heterocycles. The molecule has 8 heteroatoms. The smallest absolute Gasteiger partial charge is 0.408 e. The van der Waals surface area contributed by atoms with Crippen LogP contribution in [0.1, 0.15) is 63.4 Å². The first kappa shape index (κ1) is 21.8. The van der Waals surface area contributed by atoms with Crippen LogP contribution in [0.5, 0.6) is 0 Å². The lowest BCUT2D eigenvalue weighted by molar-refractivity contribution is 0.0419. The Labute approximate surface area is 176 Å². The Morgan fingerprint density at radius 2 is 1.80 bits per heavy atom. The van der Waals surface area contributed by atoms with Crippen LogP contribution >= 0.6 is 0 Å². The predicted molar refractivity (Wildman–Crippen MR) is 111 cm³/mol. The summed E-state index contributed by atoms with van der Waals surface area (Å²) in [6.45, 7) is 5.76. The number of hydrogen-bond acceptors (Lipinski definition) is 4. The predicted octanol–water partition coefficient (Wildman–Crippen LogP) is 3.97. The minimum Gasteiger partial charge on any atom is -0.444 e. The molecule has 3 rings (SSSR count). The number of amides is 2. The molecule has 1 aliphatic rings. The zero-order chi connectivity index (χ0) is 21.8. The lowest BCUT2D eigenvalue weighted by atomic mass is 9.81. The summed E-state index contributed by atoms with van der Waals surface area (Å²) >= 11 is 0. The van der Waals surface area contributed by atoms with Crippen molar-refractivity contribution < 1.29 is 18.7 Å². The number of rotatable bonds is 5. The molecule has 7 nitrogen and oxygen atoms in total. The lowest BCUT2D eigenvalue weighted by Gasteiger charge is -2.38. The molecule has 0 spiro atoms. The topological polar surface area (TPSA) is 85.3 Å².